The molecule has 4 heterocycles. The second-order valence-corrected chi connectivity index (χ2v) is 10.8. The van der Waals surface area contributed by atoms with E-state index < -0.39 is 40.5 Å². The molecule has 0 spiro atoms. The third-order valence-electron chi connectivity index (χ3n) is 5.82. The molecule has 1 saturated heterocycles. The first kappa shape index (κ1) is 28.7. The van der Waals surface area contributed by atoms with Gasteiger partial charge in [-0.25, -0.2) is 14.3 Å². The highest BCUT2D eigenvalue weighted by Gasteiger charge is 2.53. The zero-order valence-corrected chi connectivity index (χ0v) is 22.0. The van der Waals surface area contributed by atoms with Crippen LogP contribution in [0.2, 0.25) is 0 Å². The molecule has 202 valence electrons. The van der Waals surface area contributed by atoms with Crippen molar-refractivity contribution < 1.29 is 44.3 Å². The number of carbonyl (C=O) groups excluding carboxylic acids is 3. The van der Waals surface area contributed by atoms with Gasteiger partial charge in [0.25, 0.3) is 0 Å². The largest absolute Gasteiger partial charge is 0.543 e. The van der Waals surface area contributed by atoms with Crippen molar-refractivity contribution in [3.05, 3.63) is 52.9 Å². The van der Waals surface area contributed by atoms with E-state index in [-0.39, 0.29) is 40.7 Å². The minimum atomic E-state index is -1.73. The number of carbonyl (C=O) groups is 4. The van der Waals surface area contributed by atoms with Crippen LogP contribution < -0.4 is 15.4 Å². The summed E-state index contributed by atoms with van der Waals surface area (Å²) >= 11 is 2.41. The van der Waals surface area contributed by atoms with Gasteiger partial charge >= 0.3 is 5.97 Å². The number of carboxylic acids is 2. The summed E-state index contributed by atoms with van der Waals surface area (Å²) in [6.07, 6.45) is 3.27. The number of pyridine rings is 1. The van der Waals surface area contributed by atoms with Crippen LogP contribution in [0.25, 0.3) is 0 Å². The second kappa shape index (κ2) is 11.3. The Labute approximate surface area is 224 Å². The summed E-state index contributed by atoms with van der Waals surface area (Å²) in [5.41, 5.74) is 4.12. The molecule has 2 aliphatic rings. The van der Waals surface area contributed by atoms with Crippen molar-refractivity contribution in [3.63, 3.8) is 0 Å². The molecule has 2 aromatic rings. The van der Waals surface area contributed by atoms with Crippen LogP contribution in [0.1, 0.15) is 26.0 Å². The first-order chi connectivity index (χ1) is 17.5. The van der Waals surface area contributed by atoms with Gasteiger partial charge in [0.1, 0.15) is 5.69 Å². The molecule has 38 heavy (non-hydrogen) atoms. The van der Waals surface area contributed by atoms with Crippen molar-refractivity contribution >= 4 is 57.6 Å². The number of hydrogen-bond donors (Lipinski definition) is 2. The first-order valence-corrected chi connectivity index (χ1v) is 13.0. The van der Waals surface area contributed by atoms with Gasteiger partial charge < -0.3 is 31.1 Å². The number of nitrogens with zero attached hydrogens (tertiary/aromatic N) is 4. The Balaban J connectivity index is 0.00000400. The van der Waals surface area contributed by atoms with Gasteiger partial charge in [-0.1, -0.05) is 11.2 Å². The molecule has 0 saturated carbocycles. The topological polar surface area (TPSA) is 211 Å². The van der Waals surface area contributed by atoms with E-state index in [2.05, 4.69) is 10.1 Å². The van der Waals surface area contributed by atoms with Crippen molar-refractivity contribution in [1.82, 2.24) is 9.88 Å². The first-order valence-electron chi connectivity index (χ1n) is 11.1. The number of nitrogen functional groups attached to an aromatic ring is 1. The number of hydrogen-bond acceptors (Lipinski definition) is 11. The fourth-order valence-electron chi connectivity index (χ4n) is 3.82. The number of fused-ring (bicyclic) bond motifs is 1. The lowest BCUT2D eigenvalue weighted by Gasteiger charge is -2.50. The lowest BCUT2D eigenvalue weighted by molar-refractivity contribution is -0.689. The van der Waals surface area contributed by atoms with Crippen LogP contribution in [0.5, 0.6) is 0 Å². The lowest BCUT2D eigenvalue weighted by Crippen LogP contribution is -2.63. The molecule has 0 unspecified atom stereocenters. The Morgan fingerprint density at radius 2 is 2.00 bits per heavy atom. The molecule has 1 fully saturated rings. The van der Waals surface area contributed by atoms with Crippen molar-refractivity contribution in [2.45, 2.75) is 37.8 Å². The van der Waals surface area contributed by atoms with E-state index in [9.17, 15) is 29.4 Å². The molecule has 1 amide bonds. The van der Waals surface area contributed by atoms with Gasteiger partial charge in [-0.15, -0.1) is 23.1 Å². The Kier molecular flexibility index (Phi) is 8.54. The number of ketones is 1. The van der Waals surface area contributed by atoms with Gasteiger partial charge in [0.05, 0.1) is 23.0 Å². The molecular formula is C23H25N5O8S2. The van der Waals surface area contributed by atoms with Crippen LogP contribution in [0, 0.1) is 5.92 Å². The quantitative estimate of drug-likeness (QED) is 0.155. The summed E-state index contributed by atoms with van der Waals surface area (Å²) in [6, 6.07) is 5.46. The van der Waals surface area contributed by atoms with Gasteiger partial charge in [0.2, 0.25) is 11.5 Å². The number of amides is 1. The van der Waals surface area contributed by atoms with Gasteiger partial charge in [0, 0.05) is 35.3 Å². The minimum Gasteiger partial charge on any atom is -0.543 e. The van der Waals surface area contributed by atoms with Crippen LogP contribution in [-0.4, -0.2) is 66.5 Å². The highest BCUT2D eigenvalue weighted by atomic mass is 32.2. The normalized spacial score (nSPS) is 19.3. The molecule has 4 rings (SSSR count). The molecule has 0 bridgehead atoms. The molecule has 0 aliphatic carbocycles. The van der Waals surface area contributed by atoms with Gasteiger partial charge in [0.15, 0.2) is 35.6 Å². The average molecular weight is 564 g/mol. The Morgan fingerprint density at radius 3 is 2.58 bits per heavy atom. The van der Waals surface area contributed by atoms with Crippen molar-refractivity contribution in [3.8, 4) is 0 Å². The molecule has 2 atom stereocenters. The maximum atomic E-state index is 13.2. The fraction of sp³-hybridized carbons (Fsp3) is 0.348. The number of carboxylic acid groups (broad SMARTS) is 2. The number of β-lactam (4-membered cyclic amide) rings is 1. The monoisotopic (exact) mass is 563 g/mol. The summed E-state index contributed by atoms with van der Waals surface area (Å²) in [5, 5.41) is 26.1. The van der Waals surface area contributed by atoms with Gasteiger partial charge in [-0.3, -0.25) is 14.5 Å². The zero-order chi connectivity index (χ0) is 26.9. The zero-order valence-electron chi connectivity index (χ0n) is 20.3. The van der Waals surface area contributed by atoms with Crippen molar-refractivity contribution in [1.29, 1.82) is 0 Å². The maximum Gasteiger partial charge on any atom is 0.350 e. The van der Waals surface area contributed by atoms with E-state index in [1.54, 1.807) is 17.0 Å². The van der Waals surface area contributed by atoms with E-state index in [4.69, 9.17) is 10.6 Å². The molecule has 5 N–H and O–H groups in total. The third-order valence-corrected chi connectivity index (χ3v) is 7.89. The molecule has 0 radical (unpaired) electrons. The molecular weight excluding hydrogens is 538 g/mol. The molecule has 0 aromatic carbocycles. The van der Waals surface area contributed by atoms with Crippen LogP contribution >= 0.6 is 23.1 Å². The fourth-order valence-corrected chi connectivity index (χ4v) is 5.77. The SMILES string of the molecule is CC(C)(O/N=C(\C(=O)C[C@@H]1C(=O)N2C(C(=O)[O-])=C(C[n+]3ccccc3)CS[C@H]12)c1csc(N)n1)C(=O)O.O. The number of thioether (sulfide) groups is 1. The standard InChI is InChI=1S/C23H23N5O7S2.H2O/c1-23(2,21(33)34)35-26-16(14-11-37-22(24)25-14)15(29)8-13-18(30)28-17(20(31)32)12(10-36-19(13)28)9-27-6-4-3-5-7-27;/h3-7,11,13,19H,8-10H2,1-2H3,(H3-,24,25,31,32,33,34);1H2/b26-16-;/t13-,19-;/m1./s1. The summed E-state index contributed by atoms with van der Waals surface area (Å²) < 4.78 is 1.80. The van der Waals surface area contributed by atoms with Crippen molar-refractivity contribution in [2.24, 2.45) is 11.1 Å². The highest BCUT2D eigenvalue weighted by molar-refractivity contribution is 8.00. The van der Waals surface area contributed by atoms with Gasteiger partial charge in [-0.2, -0.15) is 0 Å². The Bertz CT molecular complexity index is 1320. The van der Waals surface area contributed by atoms with E-state index >= 15 is 0 Å². The molecule has 15 heteroatoms. The van der Waals surface area contributed by atoms with Crippen LogP contribution in [-0.2, 0) is 30.6 Å². The number of Topliss-reactive ketones (excluding diaryl/α,β-unsaturated/α-hetero) is 1. The van der Waals surface area contributed by atoms with E-state index in [0.717, 1.165) is 11.3 Å². The molecule has 2 aromatic heterocycles. The summed E-state index contributed by atoms with van der Waals surface area (Å²) in [4.78, 5) is 60.0. The number of aliphatic carboxylic acids is 2. The Morgan fingerprint density at radius 1 is 1.32 bits per heavy atom. The van der Waals surface area contributed by atoms with Crippen LogP contribution in [0.3, 0.4) is 0 Å². The maximum absolute atomic E-state index is 13.2. The number of anilines is 1. The number of rotatable bonds is 10. The van der Waals surface area contributed by atoms with Crippen molar-refractivity contribution in [2.75, 3.05) is 11.5 Å². The number of thiazole rings is 1. The third kappa shape index (κ3) is 5.69. The van der Waals surface area contributed by atoms with Crippen LogP contribution in [0.15, 0.2) is 52.4 Å². The summed E-state index contributed by atoms with van der Waals surface area (Å²) in [7, 11) is 0. The molecule has 13 nitrogen and oxygen atoms in total. The minimum absolute atomic E-state index is 0. The smallest absolute Gasteiger partial charge is 0.350 e. The summed E-state index contributed by atoms with van der Waals surface area (Å²) in [6.45, 7) is 2.80. The number of aromatic nitrogens is 2. The number of oxime groups is 1. The predicted octanol–water partition coefficient (Wildman–Crippen LogP) is -1.03. The van der Waals surface area contributed by atoms with E-state index in [1.165, 1.54) is 35.9 Å². The lowest BCUT2D eigenvalue weighted by atomic mass is 9.89. The van der Waals surface area contributed by atoms with E-state index in [0.29, 0.717) is 11.3 Å². The number of nitrogens with two attached hydrogens (primary N) is 1. The highest BCUT2D eigenvalue weighted by Crippen LogP contribution is 2.45. The van der Waals surface area contributed by atoms with Gasteiger partial charge in [-0.05, 0) is 13.8 Å². The molecule has 2 aliphatic heterocycles. The van der Waals surface area contributed by atoms with Crippen LogP contribution in [0.4, 0.5) is 5.13 Å². The Hall–Kier alpha value is -3.82. The summed E-state index contributed by atoms with van der Waals surface area (Å²) in [5.74, 6) is -4.37. The van der Waals surface area contributed by atoms with E-state index in [1.807, 2.05) is 18.2 Å². The average Bonchev–Trinajstić information content (AvgIpc) is 3.28. The predicted molar refractivity (Wildman–Crippen MR) is 134 cm³/mol. The second-order valence-electron chi connectivity index (χ2n) is 8.85.